The SMILES string of the molecule is O=Cc1cc(CN2C(=O)c3ccccc3C2=O)cs1. The summed E-state index contributed by atoms with van der Waals surface area (Å²) in [4.78, 5) is 36.7. The van der Waals surface area contributed by atoms with Crippen LogP contribution in [-0.2, 0) is 6.54 Å². The molecule has 0 atom stereocenters. The number of carbonyl (C=O) groups is 3. The van der Waals surface area contributed by atoms with Crippen LogP contribution < -0.4 is 0 Å². The van der Waals surface area contributed by atoms with Crippen LogP contribution in [0.4, 0.5) is 0 Å². The number of carbonyl (C=O) groups excluding carboxylic acids is 3. The Hall–Kier alpha value is -2.27. The number of amides is 2. The Morgan fingerprint density at radius 2 is 1.74 bits per heavy atom. The van der Waals surface area contributed by atoms with E-state index in [2.05, 4.69) is 0 Å². The lowest BCUT2D eigenvalue weighted by atomic mass is 10.1. The predicted octanol–water partition coefficient (Wildman–Crippen LogP) is 2.36. The third-order valence-corrected chi connectivity index (χ3v) is 3.92. The number of hydrogen-bond donors (Lipinski definition) is 0. The van der Waals surface area contributed by atoms with E-state index in [0.29, 0.717) is 16.0 Å². The lowest BCUT2D eigenvalue weighted by Gasteiger charge is -2.12. The third kappa shape index (κ3) is 1.88. The quantitative estimate of drug-likeness (QED) is 0.636. The van der Waals surface area contributed by atoms with Gasteiger partial charge in [-0.1, -0.05) is 12.1 Å². The van der Waals surface area contributed by atoms with E-state index >= 15 is 0 Å². The van der Waals surface area contributed by atoms with Crippen LogP contribution in [0.1, 0.15) is 36.0 Å². The van der Waals surface area contributed by atoms with Gasteiger partial charge in [0, 0.05) is 0 Å². The standard InChI is InChI=1S/C14H9NO3S/c16-7-10-5-9(8-19-10)6-15-13(17)11-3-1-2-4-12(11)14(15)18/h1-5,7-8H,6H2. The van der Waals surface area contributed by atoms with Crippen molar-refractivity contribution >= 4 is 29.4 Å². The zero-order valence-corrected chi connectivity index (χ0v) is 10.6. The summed E-state index contributed by atoms with van der Waals surface area (Å²) in [5.74, 6) is -0.557. The second-order valence-electron chi connectivity index (χ2n) is 4.22. The van der Waals surface area contributed by atoms with Crippen LogP contribution in [0.15, 0.2) is 35.7 Å². The van der Waals surface area contributed by atoms with Gasteiger partial charge in [-0.15, -0.1) is 11.3 Å². The Bertz CT molecular complexity index is 655. The van der Waals surface area contributed by atoms with E-state index in [4.69, 9.17) is 0 Å². The van der Waals surface area contributed by atoms with Crippen molar-refractivity contribution in [3.8, 4) is 0 Å². The first-order valence-corrected chi connectivity index (χ1v) is 6.56. The van der Waals surface area contributed by atoms with E-state index in [0.717, 1.165) is 11.8 Å². The Labute approximate surface area is 113 Å². The maximum absolute atomic E-state index is 12.1. The molecular weight excluding hydrogens is 262 g/mol. The maximum Gasteiger partial charge on any atom is 0.261 e. The summed E-state index contributed by atoms with van der Waals surface area (Å²) in [5, 5.41) is 1.78. The number of nitrogens with zero attached hydrogens (tertiary/aromatic N) is 1. The minimum atomic E-state index is -0.278. The van der Waals surface area contributed by atoms with Crippen molar-refractivity contribution in [2.75, 3.05) is 0 Å². The number of benzene rings is 1. The second kappa shape index (κ2) is 4.44. The van der Waals surface area contributed by atoms with Crippen molar-refractivity contribution in [3.05, 3.63) is 57.3 Å². The highest BCUT2D eigenvalue weighted by Crippen LogP contribution is 2.25. The molecule has 1 aromatic heterocycles. The minimum absolute atomic E-state index is 0.205. The Balaban J connectivity index is 1.90. The molecule has 3 rings (SSSR count). The number of thiophene rings is 1. The van der Waals surface area contributed by atoms with Crippen molar-refractivity contribution in [3.63, 3.8) is 0 Å². The topological polar surface area (TPSA) is 54.5 Å². The van der Waals surface area contributed by atoms with Crippen LogP contribution in [-0.4, -0.2) is 23.0 Å². The van der Waals surface area contributed by atoms with Crippen LogP contribution in [0.2, 0.25) is 0 Å². The smallest absolute Gasteiger partial charge is 0.261 e. The summed E-state index contributed by atoms with van der Waals surface area (Å²) in [6.07, 6.45) is 0.760. The fraction of sp³-hybridized carbons (Fsp3) is 0.0714. The number of fused-ring (bicyclic) bond motifs is 1. The molecule has 1 aromatic carbocycles. The average Bonchev–Trinajstić information content (AvgIpc) is 2.99. The van der Waals surface area contributed by atoms with E-state index < -0.39 is 0 Å². The van der Waals surface area contributed by atoms with Gasteiger partial charge in [0.15, 0.2) is 6.29 Å². The lowest BCUT2D eigenvalue weighted by molar-refractivity contribution is 0.0642. The first-order valence-electron chi connectivity index (χ1n) is 5.68. The molecule has 94 valence electrons. The van der Waals surface area contributed by atoms with Gasteiger partial charge in [-0.05, 0) is 29.1 Å². The van der Waals surface area contributed by atoms with Crippen LogP contribution in [0.5, 0.6) is 0 Å². The number of imide groups is 1. The number of aldehydes is 1. The van der Waals surface area contributed by atoms with Crippen LogP contribution in [0, 0.1) is 0 Å². The van der Waals surface area contributed by atoms with Gasteiger partial charge in [0.2, 0.25) is 0 Å². The zero-order valence-electron chi connectivity index (χ0n) is 9.83. The molecule has 0 unspecified atom stereocenters. The van der Waals surface area contributed by atoms with E-state index in [9.17, 15) is 14.4 Å². The Morgan fingerprint density at radius 3 is 2.26 bits per heavy atom. The summed E-state index contributed by atoms with van der Waals surface area (Å²) in [5.41, 5.74) is 1.68. The maximum atomic E-state index is 12.1. The molecule has 19 heavy (non-hydrogen) atoms. The van der Waals surface area contributed by atoms with E-state index in [1.165, 1.54) is 16.2 Å². The summed E-state index contributed by atoms with van der Waals surface area (Å²) >= 11 is 1.30. The lowest BCUT2D eigenvalue weighted by Crippen LogP contribution is -2.28. The van der Waals surface area contributed by atoms with Crippen LogP contribution in [0.3, 0.4) is 0 Å². The largest absolute Gasteiger partial charge is 0.297 e. The monoisotopic (exact) mass is 271 g/mol. The molecule has 0 saturated heterocycles. The molecule has 0 spiro atoms. The molecule has 2 amide bonds. The molecular formula is C14H9NO3S. The highest BCUT2D eigenvalue weighted by Gasteiger charge is 2.34. The van der Waals surface area contributed by atoms with Gasteiger partial charge < -0.3 is 0 Å². The van der Waals surface area contributed by atoms with Gasteiger partial charge >= 0.3 is 0 Å². The summed E-state index contributed by atoms with van der Waals surface area (Å²) in [7, 11) is 0. The van der Waals surface area contributed by atoms with E-state index in [1.54, 1.807) is 35.7 Å². The Kier molecular flexibility index (Phi) is 2.76. The molecule has 1 aliphatic rings. The highest BCUT2D eigenvalue weighted by molar-refractivity contribution is 7.11. The molecule has 5 heteroatoms. The predicted molar refractivity (Wildman–Crippen MR) is 70.4 cm³/mol. The van der Waals surface area contributed by atoms with Gasteiger partial charge in [0.1, 0.15) is 0 Å². The van der Waals surface area contributed by atoms with Gasteiger partial charge in [-0.25, -0.2) is 0 Å². The summed E-state index contributed by atoms with van der Waals surface area (Å²) in [6, 6.07) is 8.48. The van der Waals surface area contributed by atoms with Gasteiger partial charge in [-0.2, -0.15) is 0 Å². The van der Waals surface area contributed by atoms with Crippen LogP contribution in [0.25, 0.3) is 0 Å². The van der Waals surface area contributed by atoms with Gasteiger partial charge in [0.05, 0.1) is 22.5 Å². The number of hydrogen-bond acceptors (Lipinski definition) is 4. The Morgan fingerprint density at radius 1 is 1.11 bits per heavy atom. The third-order valence-electron chi connectivity index (χ3n) is 3.01. The van der Waals surface area contributed by atoms with Crippen molar-refractivity contribution < 1.29 is 14.4 Å². The first-order chi connectivity index (χ1) is 9.20. The normalized spacial score (nSPS) is 13.8. The number of rotatable bonds is 3. The molecule has 0 bridgehead atoms. The zero-order chi connectivity index (χ0) is 13.4. The summed E-state index contributed by atoms with van der Waals surface area (Å²) in [6.45, 7) is 0.205. The van der Waals surface area contributed by atoms with E-state index in [1.807, 2.05) is 0 Å². The highest BCUT2D eigenvalue weighted by atomic mass is 32.1. The minimum Gasteiger partial charge on any atom is -0.297 e. The molecule has 0 N–H and O–H groups in total. The van der Waals surface area contributed by atoms with Crippen LogP contribution >= 0.6 is 11.3 Å². The molecule has 1 aliphatic heterocycles. The molecule has 4 nitrogen and oxygen atoms in total. The average molecular weight is 271 g/mol. The fourth-order valence-corrected chi connectivity index (χ4v) is 2.81. The molecule has 0 radical (unpaired) electrons. The van der Waals surface area contributed by atoms with Crippen molar-refractivity contribution in [1.82, 2.24) is 4.90 Å². The molecule has 2 aromatic rings. The van der Waals surface area contributed by atoms with E-state index in [-0.39, 0.29) is 18.4 Å². The van der Waals surface area contributed by atoms with Crippen molar-refractivity contribution in [1.29, 1.82) is 0 Å². The molecule has 0 saturated carbocycles. The first kappa shape index (κ1) is 11.8. The molecule has 0 aliphatic carbocycles. The molecule has 0 fully saturated rings. The fourth-order valence-electron chi connectivity index (χ4n) is 2.10. The van der Waals surface area contributed by atoms with Crippen molar-refractivity contribution in [2.24, 2.45) is 0 Å². The summed E-state index contributed by atoms with van der Waals surface area (Å²) < 4.78 is 0. The van der Waals surface area contributed by atoms with Gasteiger partial charge in [0.25, 0.3) is 11.8 Å². The van der Waals surface area contributed by atoms with Gasteiger partial charge in [-0.3, -0.25) is 19.3 Å². The second-order valence-corrected chi connectivity index (χ2v) is 5.16. The van der Waals surface area contributed by atoms with Crippen molar-refractivity contribution in [2.45, 2.75) is 6.54 Å². The molecule has 2 heterocycles.